The summed E-state index contributed by atoms with van der Waals surface area (Å²) in [6.07, 6.45) is 1.36. The van der Waals surface area contributed by atoms with Gasteiger partial charge in [-0.2, -0.15) is 0 Å². The standard InChI is InChI=1S/C18H20ClNO6/c1-24-9-3-8-20-17(22)14-10-12-5-6-13(11-15(12)26-18(14)23)25-16(21)4-2-7-19/h5-6,10-11H,2-4,7-9H2,1H3,(H,20,22). The average Bonchev–Trinajstić information content (AvgIpc) is 2.62. The van der Waals surface area contributed by atoms with Gasteiger partial charge in [0.25, 0.3) is 5.91 Å². The smallest absolute Gasteiger partial charge is 0.349 e. The lowest BCUT2D eigenvalue weighted by Gasteiger charge is -2.07. The molecule has 0 atom stereocenters. The molecular formula is C18H20ClNO6. The largest absolute Gasteiger partial charge is 0.426 e. The number of methoxy groups -OCH3 is 1. The van der Waals surface area contributed by atoms with Gasteiger partial charge in [0.1, 0.15) is 16.9 Å². The first-order valence-corrected chi connectivity index (χ1v) is 8.70. The van der Waals surface area contributed by atoms with Crippen LogP contribution in [0.15, 0.2) is 33.5 Å². The number of amides is 1. The summed E-state index contributed by atoms with van der Waals surface area (Å²) in [5.74, 6) is -0.289. The van der Waals surface area contributed by atoms with E-state index < -0.39 is 17.5 Å². The molecule has 0 saturated carbocycles. The zero-order chi connectivity index (χ0) is 18.9. The first kappa shape index (κ1) is 19.9. The Bertz CT molecular complexity index is 832. The van der Waals surface area contributed by atoms with E-state index in [-0.39, 0.29) is 23.3 Å². The van der Waals surface area contributed by atoms with E-state index in [0.29, 0.717) is 37.3 Å². The van der Waals surface area contributed by atoms with Gasteiger partial charge in [0.05, 0.1) is 0 Å². The fourth-order valence-corrected chi connectivity index (χ4v) is 2.35. The highest BCUT2D eigenvalue weighted by atomic mass is 35.5. The summed E-state index contributed by atoms with van der Waals surface area (Å²) in [5.41, 5.74) is -0.609. The molecule has 7 nitrogen and oxygen atoms in total. The van der Waals surface area contributed by atoms with Crippen LogP contribution in [0.2, 0.25) is 0 Å². The van der Waals surface area contributed by atoms with Crippen molar-refractivity contribution in [3.05, 3.63) is 40.2 Å². The highest BCUT2D eigenvalue weighted by Crippen LogP contribution is 2.21. The number of nitrogens with one attached hydrogen (secondary N) is 1. The van der Waals surface area contributed by atoms with Gasteiger partial charge in [-0.25, -0.2) is 4.79 Å². The quantitative estimate of drug-likeness (QED) is 0.236. The number of ether oxygens (including phenoxy) is 2. The lowest BCUT2D eigenvalue weighted by Crippen LogP contribution is -2.29. The van der Waals surface area contributed by atoms with Crippen molar-refractivity contribution in [3.63, 3.8) is 0 Å². The fourth-order valence-electron chi connectivity index (χ4n) is 2.22. The molecular weight excluding hydrogens is 362 g/mol. The Labute approximate surface area is 155 Å². The maximum Gasteiger partial charge on any atom is 0.349 e. The second kappa shape index (κ2) is 9.94. The maximum absolute atomic E-state index is 12.1. The third-order valence-corrected chi connectivity index (χ3v) is 3.78. The van der Waals surface area contributed by atoms with Crippen LogP contribution in [-0.2, 0) is 9.53 Å². The second-order valence-electron chi connectivity index (χ2n) is 5.52. The highest BCUT2D eigenvalue weighted by molar-refractivity contribution is 6.17. The number of benzene rings is 1. The van der Waals surface area contributed by atoms with Crippen LogP contribution in [0.3, 0.4) is 0 Å². The minimum Gasteiger partial charge on any atom is -0.426 e. The molecule has 1 aromatic carbocycles. The summed E-state index contributed by atoms with van der Waals surface area (Å²) >= 11 is 5.54. The van der Waals surface area contributed by atoms with E-state index >= 15 is 0 Å². The SMILES string of the molecule is COCCCNC(=O)c1cc2ccc(OC(=O)CCCCl)cc2oc1=O. The van der Waals surface area contributed by atoms with Crippen LogP contribution in [0, 0.1) is 0 Å². The minimum absolute atomic E-state index is 0.0817. The van der Waals surface area contributed by atoms with Gasteiger partial charge in [0.15, 0.2) is 0 Å². The molecule has 0 unspecified atom stereocenters. The highest BCUT2D eigenvalue weighted by Gasteiger charge is 2.14. The second-order valence-corrected chi connectivity index (χ2v) is 5.89. The summed E-state index contributed by atoms with van der Waals surface area (Å²) in [4.78, 5) is 35.8. The lowest BCUT2D eigenvalue weighted by atomic mass is 10.1. The van der Waals surface area contributed by atoms with E-state index in [1.165, 1.54) is 12.1 Å². The third-order valence-electron chi connectivity index (χ3n) is 3.51. The summed E-state index contributed by atoms with van der Waals surface area (Å²) in [7, 11) is 1.57. The topological polar surface area (TPSA) is 94.8 Å². The van der Waals surface area contributed by atoms with Gasteiger partial charge < -0.3 is 19.2 Å². The van der Waals surface area contributed by atoms with E-state index in [0.717, 1.165) is 0 Å². The van der Waals surface area contributed by atoms with Crippen molar-refractivity contribution in [3.8, 4) is 5.75 Å². The Morgan fingerprint density at radius 1 is 1.23 bits per heavy atom. The Kier molecular flexibility index (Phi) is 7.62. The predicted molar refractivity (Wildman–Crippen MR) is 96.9 cm³/mol. The normalized spacial score (nSPS) is 10.7. The van der Waals surface area contributed by atoms with E-state index in [1.807, 2.05) is 0 Å². The number of rotatable bonds is 9. The van der Waals surface area contributed by atoms with Gasteiger partial charge in [0.2, 0.25) is 0 Å². The molecule has 0 aliphatic heterocycles. The average molecular weight is 382 g/mol. The first-order chi connectivity index (χ1) is 12.5. The number of carbonyl (C=O) groups is 2. The van der Waals surface area contributed by atoms with Crippen molar-refractivity contribution >= 4 is 34.4 Å². The molecule has 26 heavy (non-hydrogen) atoms. The summed E-state index contributed by atoms with van der Waals surface area (Å²) in [6.45, 7) is 0.903. The number of carbonyl (C=O) groups excluding carboxylic acids is 2. The summed E-state index contributed by atoms with van der Waals surface area (Å²) in [6, 6.07) is 6.08. The third kappa shape index (κ3) is 5.57. The fraction of sp³-hybridized carbons (Fsp3) is 0.389. The molecule has 0 fully saturated rings. The molecule has 1 amide bonds. The molecule has 1 heterocycles. The molecule has 8 heteroatoms. The van der Waals surface area contributed by atoms with Crippen LogP contribution in [0.5, 0.6) is 5.75 Å². The van der Waals surface area contributed by atoms with E-state index in [9.17, 15) is 14.4 Å². The number of fused-ring (bicyclic) bond motifs is 1. The van der Waals surface area contributed by atoms with Crippen molar-refractivity contribution in [2.24, 2.45) is 0 Å². The lowest BCUT2D eigenvalue weighted by molar-refractivity contribution is -0.134. The Balaban J connectivity index is 2.13. The van der Waals surface area contributed by atoms with Gasteiger partial charge >= 0.3 is 11.6 Å². The molecule has 0 saturated heterocycles. The minimum atomic E-state index is -0.757. The van der Waals surface area contributed by atoms with Gasteiger partial charge in [-0.05, 0) is 31.0 Å². The number of hydrogen-bond acceptors (Lipinski definition) is 6. The van der Waals surface area contributed by atoms with Gasteiger partial charge in [-0.3, -0.25) is 9.59 Å². The van der Waals surface area contributed by atoms with Crippen LogP contribution in [0.25, 0.3) is 11.0 Å². The van der Waals surface area contributed by atoms with Crippen molar-refractivity contribution in [2.75, 3.05) is 26.1 Å². The van der Waals surface area contributed by atoms with Crippen LogP contribution >= 0.6 is 11.6 Å². The molecule has 0 aliphatic rings. The van der Waals surface area contributed by atoms with Crippen LogP contribution < -0.4 is 15.7 Å². The zero-order valence-electron chi connectivity index (χ0n) is 14.4. The molecule has 140 valence electrons. The summed E-state index contributed by atoms with van der Waals surface area (Å²) < 4.78 is 15.3. The van der Waals surface area contributed by atoms with Crippen molar-refractivity contribution in [1.82, 2.24) is 5.32 Å². The Morgan fingerprint density at radius 2 is 2.04 bits per heavy atom. The van der Waals surface area contributed by atoms with Crippen molar-refractivity contribution < 1.29 is 23.5 Å². The monoisotopic (exact) mass is 381 g/mol. The van der Waals surface area contributed by atoms with Gasteiger partial charge in [-0.15, -0.1) is 11.6 Å². The molecule has 1 N–H and O–H groups in total. The van der Waals surface area contributed by atoms with E-state index in [1.54, 1.807) is 19.2 Å². The molecule has 0 bridgehead atoms. The summed E-state index contributed by atoms with van der Waals surface area (Å²) in [5, 5.41) is 3.19. The predicted octanol–water partition coefficient (Wildman–Crippen LogP) is 2.48. The van der Waals surface area contributed by atoms with Crippen molar-refractivity contribution in [1.29, 1.82) is 0 Å². The van der Waals surface area contributed by atoms with E-state index in [4.69, 9.17) is 25.5 Å². The van der Waals surface area contributed by atoms with E-state index in [2.05, 4.69) is 5.32 Å². The van der Waals surface area contributed by atoms with Gasteiger partial charge in [0, 0.05) is 44.0 Å². The Hall–Kier alpha value is -2.38. The van der Waals surface area contributed by atoms with Crippen molar-refractivity contribution in [2.45, 2.75) is 19.3 Å². The first-order valence-electron chi connectivity index (χ1n) is 8.17. The molecule has 0 aliphatic carbocycles. The molecule has 1 aromatic heterocycles. The van der Waals surface area contributed by atoms with Crippen LogP contribution in [0.1, 0.15) is 29.6 Å². The molecule has 0 radical (unpaired) electrons. The maximum atomic E-state index is 12.1. The number of hydrogen-bond donors (Lipinski definition) is 1. The van der Waals surface area contributed by atoms with Gasteiger partial charge in [-0.1, -0.05) is 0 Å². The number of halogens is 1. The zero-order valence-corrected chi connectivity index (χ0v) is 15.1. The molecule has 2 aromatic rings. The molecule has 0 spiro atoms. The number of alkyl halides is 1. The number of esters is 1. The Morgan fingerprint density at radius 3 is 2.77 bits per heavy atom. The molecule has 2 rings (SSSR count). The van der Waals surface area contributed by atoms with Crippen LogP contribution in [0.4, 0.5) is 0 Å². The van der Waals surface area contributed by atoms with Crippen LogP contribution in [-0.4, -0.2) is 38.0 Å².